The Morgan fingerprint density at radius 3 is 0.752 bits per heavy atom. The maximum Gasteiger partial charge on any atom is 0.0998 e. The molecule has 7 nitrogen and oxygen atoms in total. The van der Waals surface area contributed by atoms with Crippen LogP contribution in [0.3, 0.4) is 0 Å². The second kappa shape index (κ2) is 27.6. The van der Waals surface area contributed by atoms with Crippen molar-refractivity contribution < 1.29 is 0 Å². The van der Waals surface area contributed by atoms with Crippen molar-refractivity contribution >= 4 is 195 Å². The van der Waals surface area contributed by atoms with Gasteiger partial charge in [-0.05, 0) is 261 Å². The lowest BCUT2D eigenvalue weighted by atomic mass is 9.86. The quantitative estimate of drug-likeness (QED) is 0.142. The van der Waals surface area contributed by atoms with Crippen LogP contribution >= 0.6 is 0 Å². The summed E-state index contributed by atoms with van der Waals surface area (Å²) in [6.07, 6.45) is 1.86. The molecule has 0 radical (unpaired) electrons. The second-order valence-corrected chi connectivity index (χ2v) is 34.2. The molecule has 0 atom stereocenters. The molecule has 29 rings (SSSR count). The summed E-state index contributed by atoms with van der Waals surface area (Å²) < 4.78 is 7.00. The maximum absolute atomic E-state index is 10.0. The summed E-state index contributed by atoms with van der Waals surface area (Å²) in [4.78, 5) is 4.68. The fraction of sp³-hybridized carbons (Fsp3) is 0. The first-order valence-corrected chi connectivity index (χ1v) is 43.8. The Morgan fingerprint density at radius 1 is 0.171 bits per heavy atom. The minimum atomic E-state index is 0.702. The van der Waals surface area contributed by atoms with Crippen molar-refractivity contribution in [3.05, 3.63) is 423 Å². The third-order valence-corrected chi connectivity index (χ3v) is 27.9. The van der Waals surface area contributed by atoms with Crippen LogP contribution in [0.2, 0.25) is 0 Å². The van der Waals surface area contributed by atoms with Crippen molar-refractivity contribution in [2.45, 2.75) is 0 Å². The van der Waals surface area contributed by atoms with Gasteiger partial charge in [0.1, 0.15) is 0 Å². The number of hydrogen-bond donors (Lipinski definition) is 0. The average molecular weight is 1630 g/mol. The minimum absolute atomic E-state index is 0.702. The molecule has 25 aromatic carbocycles. The first-order valence-electron chi connectivity index (χ1n) is 43.8. The third kappa shape index (κ3) is 10.3. The van der Waals surface area contributed by atoms with Gasteiger partial charge in [-0.15, -0.1) is 0 Å². The van der Waals surface area contributed by atoms with Crippen LogP contribution in [0.5, 0.6) is 0 Å². The molecule has 0 aliphatic heterocycles. The van der Waals surface area contributed by atoms with Gasteiger partial charge in [0.25, 0.3) is 0 Å². The Hall–Kier alpha value is -17.8. The highest BCUT2D eigenvalue weighted by molar-refractivity contribution is 6.36. The largest absolute Gasteiger partial charge is 0.309 e. The molecule has 0 unspecified atom stereocenters. The summed E-state index contributed by atoms with van der Waals surface area (Å²) in [6.45, 7) is 0. The van der Waals surface area contributed by atoms with E-state index < -0.39 is 0 Å². The smallest absolute Gasteiger partial charge is 0.0998 e. The number of nitrogens with zero attached hydrogens (tertiary/aromatic N) is 7. The Morgan fingerprint density at radius 2 is 0.411 bits per heavy atom. The molecule has 0 aliphatic carbocycles. The Bertz CT molecular complexity index is 9420. The van der Waals surface area contributed by atoms with Crippen LogP contribution in [0.1, 0.15) is 16.7 Å². The molecule has 0 N–H and O–H groups in total. The monoisotopic (exact) mass is 1630 g/mol. The van der Waals surface area contributed by atoms with Gasteiger partial charge in [0.2, 0.25) is 0 Å². The van der Waals surface area contributed by atoms with Gasteiger partial charge < -0.3 is 13.7 Å². The molecular formula is C122H67N7. The maximum atomic E-state index is 10.0. The molecule has 0 spiro atoms. The molecule has 0 bridgehead atoms. The average Bonchev–Trinajstić information content (AvgIpc) is 1.57. The summed E-state index contributed by atoms with van der Waals surface area (Å²) in [6, 6.07) is 151. The summed E-state index contributed by atoms with van der Waals surface area (Å²) in [5.74, 6) is 0. The molecule has 29 aromatic rings. The Kier molecular flexibility index (Phi) is 15.3. The van der Waals surface area contributed by atoms with Gasteiger partial charge in [-0.3, -0.25) is 4.98 Å². The molecule has 0 saturated carbocycles. The van der Waals surface area contributed by atoms with E-state index in [9.17, 15) is 15.8 Å². The molecule has 0 saturated heterocycles. The summed E-state index contributed by atoms with van der Waals surface area (Å²) in [5, 5.41) is 66.6. The predicted octanol–water partition coefficient (Wildman–Crippen LogP) is 32.2. The number of nitriles is 3. The van der Waals surface area contributed by atoms with Crippen molar-refractivity contribution in [3.63, 3.8) is 0 Å². The normalized spacial score (nSPS) is 12.0. The molecule has 0 fully saturated rings. The zero-order valence-corrected chi connectivity index (χ0v) is 69.3. The van der Waals surface area contributed by atoms with Gasteiger partial charge in [-0.25, -0.2) is 0 Å². The number of para-hydroxylation sites is 3. The molecule has 0 amide bonds. The van der Waals surface area contributed by atoms with Gasteiger partial charge >= 0.3 is 0 Å². The zero-order valence-electron chi connectivity index (χ0n) is 69.3. The molecule has 4 aromatic heterocycles. The van der Waals surface area contributed by atoms with Gasteiger partial charge in [0.15, 0.2) is 0 Å². The van der Waals surface area contributed by atoms with Gasteiger partial charge in [0, 0.05) is 77.3 Å². The van der Waals surface area contributed by atoms with Crippen molar-refractivity contribution in [3.8, 4) is 91.0 Å². The molecule has 590 valence electrons. The van der Waals surface area contributed by atoms with E-state index in [0.29, 0.717) is 16.7 Å². The first kappa shape index (κ1) is 71.7. The number of aromatic nitrogens is 4. The lowest BCUT2D eigenvalue weighted by Crippen LogP contribution is -1.93. The van der Waals surface area contributed by atoms with E-state index in [1.807, 2.05) is 48.7 Å². The highest BCUT2D eigenvalue weighted by Gasteiger charge is 2.28. The standard InChI is InChI=1S/C43H24N2.C42H23N3.C37H20N2/c44-25-29-15-23-38-42-32(29)20-21-37-34(22-24-39(43(37)42)45(38)30-9-5-2-6-10-30)33-17-12-28-13-18-35-31(26-7-3-1-4-8-26)16-11-27-14-19-36(33)41(28)40(27)35;43-24-27-13-21-37-41-29(27)18-19-34-31(20-22-38(42(34)41)45(37)28-6-2-1-3-7-28)30-14-9-25-12-17-35-32(36-8-4-5-23-44-36)15-10-26-11-16-33(30)39(25)40(26)35;38-21-25-13-19-32-36-27(25)16-17-31-29(18-20-33(37(31)36)39(32)26-7-2-1-3-8-26)28-14-11-24-10-9-22-5-4-6-23-12-15-30(28)35(24)34(22)23/h1-24H;1-23H;1-20H. The van der Waals surface area contributed by atoms with Crippen molar-refractivity contribution in [1.29, 1.82) is 15.8 Å². The van der Waals surface area contributed by atoms with E-state index in [0.717, 1.165) is 93.7 Å². The molecule has 4 heterocycles. The van der Waals surface area contributed by atoms with E-state index in [1.54, 1.807) is 0 Å². The highest BCUT2D eigenvalue weighted by atomic mass is 15.0. The number of hydrogen-bond acceptors (Lipinski definition) is 4. The van der Waals surface area contributed by atoms with Crippen LogP contribution in [0.25, 0.3) is 268 Å². The number of benzene rings is 25. The van der Waals surface area contributed by atoms with Crippen molar-refractivity contribution in [1.82, 2.24) is 18.7 Å². The second-order valence-electron chi connectivity index (χ2n) is 34.2. The first-order chi connectivity index (χ1) is 63.9. The minimum Gasteiger partial charge on any atom is -0.309 e. The van der Waals surface area contributed by atoms with Crippen LogP contribution in [0, 0.1) is 34.0 Å². The van der Waals surface area contributed by atoms with Crippen LogP contribution < -0.4 is 0 Å². The van der Waals surface area contributed by atoms with E-state index in [-0.39, 0.29) is 0 Å². The van der Waals surface area contributed by atoms with Gasteiger partial charge in [0.05, 0.1) is 73.7 Å². The fourth-order valence-corrected chi connectivity index (χ4v) is 22.5. The van der Waals surface area contributed by atoms with E-state index >= 15 is 0 Å². The highest BCUT2D eigenvalue weighted by Crippen LogP contribution is 2.53. The van der Waals surface area contributed by atoms with E-state index in [1.165, 1.54) is 174 Å². The van der Waals surface area contributed by atoms with Crippen LogP contribution in [0.15, 0.2) is 407 Å². The number of rotatable bonds is 8. The molecule has 129 heavy (non-hydrogen) atoms. The summed E-state index contributed by atoms with van der Waals surface area (Å²) in [5.41, 5.74) is 24.2. The molecular weight excluding hydrogens is 1560 g/mol. The molecule has 0 aliphatic rings. The van der Waals surface area contributed by atoms with Gasteiger partial charge in [-0.1, -0.05) is 297 Å². The predicted molar refractivity (Wildman–Crippen MR) is 539 cm³/mol. The summed E-state index contributed by atoms with van der Waals surface area (Å²) in [7, 11) is 0. The van der Waals surface area contributed by atoms with Crippen molar-refractivity contribution in [2.24, 2.45) is 0 Å². The Balaban J connectivity index is 0.000000100. The van der Waals surface area contributed by atoms with Gasteiger partial charge in [-0.2, -0.15) is 15.8 Å². The zero-order chi connectivity index (χ0) is 85.0. The van der Waals surface area contributed by atoms with Crippen LogP contribution in [-0.4, -0.2) is 18.7 Å². The fourth-order valence-electron chi connectivity index (χ4n) is 22.5. The molecule has 7 heteroatoms. The summed E-state index contributed by atoms with van der Waals surface area (Å²) >= 11 is 0. The van der Waals surface area contributed by atoms with Crippen molar-refractivity contribution in [2.75, 3.05) is 0 Å². The Labute approximate surface area is 738 Å². The lowest BCUT2D eigenvalue weighted by molar-refractivity contribution is 1.18. The lowest BCUT2D eigenvalue weighted by Gasteiger charge is -2.17. The number of pyridine rings is 1. The third-order valence-electron chi connectivity index (χ3n) is 27.9. The van der Waals surface area contributed by atoms with E-state index in [2.05, 4.69) is 395 Å². The topological polar surface area (TPSA) is 99.1 Å². The van der Waals surface area contributed by atoms with Crippen LogP contribution in [-0.2, 0) is 0 Å². The SMILES string of the molecule is N#Cc1ccc2c3c1ccc1c(-c4ccc5ccc6c(-c7ccccc7)ccc7ccc4c5c76)ccc(c13)n2-c1ccccc1.N#Cc1ccc2c3c1ccc1c(-c4ccc5ccc6c(-c7ccccn7)ccc7ccc4c5c76)ccc(c13)n2-c1ccccc1.N#Cc1ccc2c3c1ccc1c(-c4ccc5ccc6cccc7ccc4c5c67)ccc(c13)n2-c1ccccc1. The van der Waals surface area contributed by atoms with E-state index in [4.69, 9.17) is 0 Å². The van der Waals surface area contributed by atoms with Crippen LogP contribution in [0.4, 0.5) is 0 Å².